The first-order valence-electron chi connectivity index (χ1n) is 7.42. The summed E-state index contributed by atoms with van der Waals surface area (Å²) in [5, 5.41) is 3.06. The van der Waals surface area contributed by atoms with E-state index in [1.54, 1.807) is 17.5 Å². The van der Waals surface area contributed by atoms with Gasteiger partial charge in [-0.15, -0.1) is 11.3 Å². The van der Waals surface area contributed by atoms with Crippen molar-refractivity contribution in [2.24, 2.45) is 0 Å². The van der Waals surface area contributed by atoms with Crippen molar-refractivity contribution >= 4 is 17.2 Å². The SMILES string of the molecule is O=C(CCc1cccnc1)N1CCCCC1c1nccs1. The molecule has 1 aliphatic rings. The van der Waals surface area contributed by atoms with Gasteiger partial charge in [0.05, 0.1) is 6.04 Å². The van der Waals surface area contributed by atoms with Crippen molar-refractivity contribution < 1.29 is 4.79 Å². The van der Waals surface area contributed by atoms with Gasteiger partial charge in [-0.1, -0.05) is 6.07 Å². The zero-order chi connectivity index (χ0) is 14.5. The van der Waals surface area contributed by atoms with E-state index in [-0.39, 0.29) is 11.9 Å². The van der Waals surface area contributed by atoms with Gasteiger partial charge in [0.15, 0.2) is 0 Å². The Labute approximate surface area is 128 Å². The van der Waals surface area contributed by atoms with Crippen molar-refractivity contribution in [2.45, 2.75) is 38.1 Å². The Morgan fingerprint density at radius 2 is 2.33 bits per heavy atom. The second kappa shape index (κ2) is 6.80. The molecule has 1 amide bonds. The fraction of sp³-hybridized carbons (Fsp3) is 0.438. The Morgan fingerprint density at radius 1 is 1.38 bits per heavy atom. The summed E-state index contributed by atoms with van der Waals surface area (Å²) in [6.07, 6.45) is 10.0. The quantitative estimate of drug-likeness (QED) is 0.871. The van der Waals surface area contributed by atoms with Crippen LogP contribution in [0.3, 0.4) is 0 Å². The highest BCUT2D eigenvalue weighted by atomic mass is 32.1. The number of amides is 1. The van der Waals surface area contributed by atoms with Gasteiger partial charge in [-0.05, 0) is 37.3 Å². The van der Waals surface area contributed by atoms with Crippen molar-refractivity contribution in [1.29, 1.82) is 0 Å². The van der Waals surface area contributed by atoms with Crippen LogP contribution in [0.5, 0.6) is 0 Å². The van der Waals surface area contributed by atoms with E-state index in [0.717, 1.165) is 36.4 Å². The summed E-state index contributed by atoms with van der Waals surface area (Å²) in [5.41, 5.74) is 1.12. The number of carbonyl (C=O) groups is 1. The number of piperidine rings is 1. The molecular formula is C16H19N3OS. The molecule has 2 aromatic rings. The van der Waals surface area contributed by atoms with Crippen LogP contribution in [0.2, 0.25) is 0 Å². The normalized spacial score (nSPS) is 18.7. The number of carbonyl (C=O) groups excluding carboxylic acids is 1. The first kappa shape index (κ1) is 14.2. The van der Waals surface area contributed by atoms with E-state index in [2.05, 4.69) is 9.97 Å². The Balaban J connectivity index is 1.64. The molecule has 0 saturated carbocycles. The molecule has 4 nitrogen and oxygen atoms in total. The van der Waals surface area contributed by atoms with E-state index in [0.29, 0.717) is 6.42 Å². The number of nitrogens with zero attached hydrogens (tertiary/aromatic N) is 3. The van der Waals surface area contributed by atoms with Crippen LogP contribution in [-0.2, 0) is 11.2 Å². The third kappa shape index (κ3) is 3.47. The summed E-state index contributed by atoms with van der Waals surface area (Å²) in [7, 11) is 0. The van der Waals surface area contributed by atoms with Crippen molar-refractivity contribution in [3.63, 3.8) is 0 Å². The second-order valence-corrected chi connectivity index (χ2v) is 6.26. The van der Waals surface area contributed by atoms with E-state index in [9.17, 15) is 4.79 Å². The van der Waals surface area contributed by atoms with Crippen LogP contribution in [0.1, 0.15) is 42.3 Å². The number of rotatable bonds is 4. The van der Waals surface area contributed by atoms with Crippen LogP contribution in [0.25, 0.3) is 0 Å². The number of hydrogen-bond acceptors (Lipinski definition) is 4. The number of pyridine rings is 1. The summed E-state index contributed by atoms with van der Waals surface area (Å²) in [5.74, 6) is 0.235. The molecule has 1 atom stereocenters. The zero-order valence-electron chi connectivity index (χ0n) is 11.9. The largest absolute Gasteiger partial charge is 0.333 e. The summed E-state index contributed by atoms with van der Waals surface area (Å²) >= 11 is 1.65. The summed E-state index contributed by atoms with van der Waals surface area (Å²) in [6, 6.07) is 4.12. The molecule has 110 valence electrons. The predicted molar refractivity (Wildman–Crippen MR) is 83.0 cm³/mol. The fourth-order valence-electron chi connectivity index (χ4n) is 2.83. The molecule has 3 rings (SSSR count). The summed E-state index contributed by atoms with van der Waals surface area (Å²) < 4.78 is 0. The monoisotopic (exact) mass is 301 g/mol. The second-order valence-electron chi connectivity index (χ2n) is 5.33. The highest BCUT2D eigenvalue weighted by Crippen LogP contribution is 2.32. The van der Waals surface area contributed by atoms with E-state index in [4.69, 9.17) is 0 Å². The molecule has 0 spiro atoms. The lowest BCUT2D eigenvalue weighted by Crippen LogP contribution is -2.38. The van der Waals surface area contributed by atoms with Crippen LogP contribution in [0.15, 0.2) is 36.1 Å². The molecule has 0 N–H and O–H groups in total. The van der Waals surface area contributed by atoms with Gasteiger partial charge in [0.1, 0.15) is 5.01 Å². The lowest BCUT2D eigenvalue weighted by molar-refractivity contribution is -0.135. The molecule has 2 aromatic heterocycles. The molecule has 0 aromatic carbocycles. The standard InChI is InChI=1S/C16H19N3OS/c20-15(7-6-13-4-3-8-17-12-13)19-10-2-1-5-14(19)16-18-9-11-21-16/h3-4,8-9,11-12,14H,1-2,5-7,10H2. The van der Waals surface area contributed by atoms with Gasteiger partial charge in [-0.25, -0.2) is 4.98 Å². The highest BCUT2D eigenvalue weighted by molar-refractivity contribution is 7.09. The number of likely N-dealkylation sites (tertiary alicyclic amines) is 1. The lowest BCUT2D eigenvalue weighted by atomic mass is 10.0. The third-order valence-corrected chi connectivity index (χ3v) is 4.79. The van der Waals surface area contributed by atoms with E-state index in [1.165, 1.54) is 6.42 Å². The van der Waals surface area contributed by atoms with E-state index >= 15 is 0 Å². The van der Waals surface area contributed by atoms with Gasteiger partial charge in [0, 0.05) is 36.9 Å². The highest BCUT2D eigenvalue weighted by Gasteiger charge is 2.29. The molecular weight excluding hydrogens is 282 g/mol. The lowest BCUT2D eigenvalue weighted by Gasteiger charge is -2.34. The van der Waals surface area contributed by atoms with Gasteiger partial charge < -0.3 is 4.90 Å². The van der Waals surface area contributed by atoms with Crippen LogP contribution in [-0.4, -0.2) is 27.3 Å². The Bertz CT molecular complexity index is 570. The van der Waals surface area contributed by atoms with Gasteiger partial charge in [0.25, 0.3) is 0 Å². The van der Waals surface area contributed by atoms with Gasteiger partial charge in [-0.3, -0.25) is 9.78 Å². The van der Waals surface area contributed by atoms with Crippen LogP contribution in [0, 0.1) is 0 Å². The third-order valence-electron chi connectivity index (χ3n) is 3.91. The van der Waals surface area contributed by atoms with Crippen molar-refractivity contribution in [3.8, 4) is 0 Å². The minimum absolute atomic E-state index is 0.181. The Kier molecular flexibility index (Phi) is 4.60. The average molecular weight is 301 g/mol. The molecule has 0 aliphatic carbocycles. The maximum absolute atomic E-state index is 12.6. The van der Waals surface area contributed by atoms with Crippen LogP contribution < -0.4 is 0 Å². The predicted octanol–water partition coefficient (Wildman–Crippen LogP) is 3.22. The fourth-order valence-corrected chi connectivity index (χ4v) is 3.61. The van der Waals surface area contributed by atoms with E-state index < -0.39 is 0 Å². The minimum atomic E-state index is 0.181. The maximum atomic E-state index is 12.6. The molecule has 1 saturated heterocycles. The summed E-state index contributed by atoms with van der Waals surface area (Å²) in [6.45, 7) is 0.857. The van der Waals surface area contributed by atoms with Crippen molar-refractivity contribution in [3.05, 3.63) is 46.7 Å². The molecule has 1 fully saturated rings. The van der Waals surface area contributed by atoms with E-state index in [1.807, 2.05) is 34.8 Å². The topological polar surface area (TPSA) is 46.1 Å². The first-order valence-corrected chi connectivity index (χ1v) is 8.30. The van der Waals surface area contributed by atoms with Crippen LogP contribution >= 0.6 is 11.3 Å². The number of thiazole rings is 1. The number of aromatic nitrogens is 2. The minimum Gasteiger partial charge on any atom is -0.333 e. The summed E-state index contributed by atoms with van der Waals surface area (Å²) in [4.78, 5) is 23.1. The van der Waals surface area contributed by atoms with Gasteiger partial charge in [-0.2, -0.15) is 0 Å². The molecule has 5 heteroatoms. The van der Waals surface area contributed by atoms with Gasteiger partial charge >= 0.3 is 0 Å². The molecule has 0 radical (unpaired) electrons. The number of hydrogen-bond donors (Lipinski definition) is 0. The zero-order valence-corrected chi connectivity index (χ0v) is 12.8. The van der Waals surface area contributed by atoms with Crippen molar-refractivity contribution in [2.75, 3.05) is 6.54 Å². The Hall–Kier alpha value is -1.75. The molecule has 3 heterocycles. The van der Waals surface area contributed by atoms with Crippen molar-refractivity contribution in [1.82, 2.24) is 14.9 Å². The smallest absolute Gasteiger partial charge is 0.223 e. The Morgan fingerprint density at radius 3 is 3.10 bits per heavy atom. The van der Waals surface area contributed by atoms with Gasteiger partial charge in [0.2, 0.25) is 5.91 Å². The number of aryl methyl sites for hydroxylation is 1. The van der Waals surface area contributed by atoms with Crippen LogP contribution in [0.4, 0.5) is 0 Å². The molecule has 1 unspecified atom stereocenters. The average Bonchev–Trinajstić information content (AvgIpc) is 3.08. The maximum Gasteiger partial charge on any atom is 0.223 e. The molecule has 21 heavy (non-hydrogen) atoms. The first-order chi connectivity index (χ1) is 10.3. The molecule has 1 aliphatic heterocycles. The molecule has 0 bridgehead atoms.